The van der Waals surface area contributed by atoms with E-state index in [0.29, 0.717) is 5.69 Å². The molecule has 0 fully saturated rings. The van der Waals surface area contributed by atoms with Crippen molar-refractivity contribution >= 4 is 11.7 Å². The third-order valence-corrected chi connectivity index (χ3v) is 2.51. The van der Waals surface area contributed by atoms with Crippen LogP contribution in [-0.2, 0) is 0 Å². The highest BCUT2D eigenvalue weighted by Gasteiger charge is 2.15. The summed E-state index contributed by atoms with van der Waals surface area (Å²) in [5.41, 5.74) is 5.28. The largest absolute Gasteiger partial charge is 0.320 e. The number of aromatic nitrogens is 1. The first-order valence-corrected chi connectivity index (χ1v) is 6.03. The Morgan fingerprint density at radius 3 is 2.76 bits per heavy atom. The van der Waals surface area contributed by atoms with Crippen molar-refractivity contribution in [3.63, 3.8) is 0 Å². The van der Waals surface area contributed by atoms with Gasteiger partial charge in [-0.05, 0) is 30.2 Å². The molecule has 0 radical (unpaired) electrons. The predicted octanol–water partition coefficient (Wildman–Crippen LogP) is 1.92. The quantitative estimate of drug-likeness (QED) is 0.829. The fourth-order valence-corrected chi connectivity index (χ4v) is 1.58. The van der Waals surface area contributed by atoms with Gasteiger partial charge in [-0.25, -0.2) is 13.8 Å². The molecule has 0 saturated heterocycles. The van der Waals surface area contributed by atoms with E-state index < -0.39 is 23.1 Å². The first-order chi connectivity index (χ1) is 10.1. The molecule has 0 aliphatic carbocycles. The summed E-state index contributed by atoms with van der Waals surface area (Å²) >= 11 is 0. The summed E-state index contributed by atoms with van der Waals surface area (Å²) < 4.78 is 26.6. The van der Waals surface area contributed by atoms with Crippen LogP contribution in [-0.4, -0.2) is 17.4 Å². The first kappa shape index (κ1) is 14.6. The summed E-state index contributed by atoms with van der Waals surface area (Å²) in [4.78, 5) is 15.9. The van der Waals surface area contributed by atoms with Gasteiger partial charge in [-0.15, -0.1) is 0 Å². The van der Waals surface area contributed by atoms with E-state index in [4.69, 9.17) is 5.73 Å². The topological polar surface area (TPSA) is 68.0 Å². The summed E-state index contributed by atoms with van der Waals surface area (Å²) in [5, 5.41) is 2.39. The van der Waals surface area contributed by atoms with Crippen molar-refractivity contribution in [2.45, 2.75) is 0 Å². The van der Waals surface area contributed by atoms with Crippen LogP contribution in [0.15, 0.2) is 36.4 Å². The molecule has 1 heterocycles. The third-order valence-electron chi connectivity index (χ3n) is 2.51. The van der Waals surface area contributed by atoms with Gasteiger partial charge in [0.25, 0.3) is 5.91 Å². The van der Waals surface area contributed by atoms with Crippen LogP contribution in [0.3, 0.4) is 0 Å². The Morgan fingerprint density at radius 1 is 1.24 bits per heavy atom. The van der Waals surface area contributed by atoms with Crippen LogP contribution in [0.25, 0.3) is 0 Å². The molecule has 4 nitrogen and oxygen atoms in total. The van der Waals surface area contributed by atoms with Crippen LogP contribution < -0.4 is 11.1 Å². The van der Waals surface area contributed by atoms with Gasteiger partial charge >= 0.3 is 0 Å². The smallest absolute Gasteiger partial charge is 0.259 e. The van der Waals surface area contributed by atoms with Crippen LogP contribution in [0, 0.1) is 23.5 Å². The maximum absolute atomic E-state index is 13.5. The molecule has 0 aliphatic heterocycles. The third kappa shape index (κ3) is 3.61. The van der Waals surface area contributed by atoms with Crippen LogP contribution >= 0.6 is 0 Å². The lowest BCUT2D eigenvalue weighted by Crippen LogP contribution is -2.15. The molecule has 1 amide bonds. The molecule has 0 saturated carbocycles. The summed E-state index contributed by atoms with van der Waals surface area (Å²) in [7, 11) is 0. The van der Waals surface area contributed by atoms with Gasteiger partial charge in [0, 0.05) is 0 Å². The number of amides is 1. The number of benzene rings is 1. The van der Waals surface area contributed by atoms with E-state index in [1.807, 2.05) is 0 Å². The number of nitrogens with two attached hydrogens (primary N) is 1. The molecule has 3 N–H and O–H groups in total. The second-order valence-electron chi connectivity index (χ2n) is 3.97. The van der Waals surface area contributed by atoms with Gasteiger partial charge in [-0.3, -0.25) is 4.79 Å². The Bertz CT molecular complexity index is 735. The Balaban J connectivity index is 2.22. The van der Waals surface area contributed by atoms with Gasteiger partial charge in [0.05, 0.1) is 12.1 Å². The molecule has 2 aromatic rings. The van der Waals surface area contributed by atoms with E-state index in [1.54, 1.807) is 12.1 Å². The number of pyridine rings is 1. The average molecular weight is 287 g/mol. The molecular weight excluding hydrogens is 276 g/mol. The maximum Gasteiger partial charge on any atom is 0.259 e. The van der Waals surface area contributed by atoms with E-state index in [9.17, 15) is 13.6 Å². The second-order valence-corrected chi connectivity index (χ2v) is 3.97. The van der Waals surface area contributed by atoms with Crippen molar-refractivity contribution in [3.8, 4) is 11.8 Å². The molecule has 0 bridgehead atoms. The number of hydrogen-bond donors (Lipinski definition) is 2. The van der Waals surface area contributed by atoms with Gasteiger partial charge in [0.1, 0.15) is 11.5 Å². The maximum atomic E-state index is 13.5. The Morgan fingerprint density at radius 2 is 2.00 bits per heavy atom. The van der Waals surface area contributed by atoms with Gasteiger partial charge in [-0.1, -0.05) is 18.1 Å². The SMILES string of the molecule is NCC#Cc1cccc(NC(=O)c2cccc(F)c2F)n1. The monoisotopic (exact) mass is 287 g/mol. The minimum absolute atomic E-state index is 0.187. The van der Waals surface area contributed by atoms with Gasteiger partial charge in [0.2, 0.25) is 0 Å². The van der Waals surface area contributed by atoms with Crippen LogP contribution in [0.2, 0.25) is 0 Å². The summed E-state index contributed by atoms with van der Waals surface area (Å²) in [6.07, 6.45) is 0. The number of carbonyl (C=O) groups excluding carboxylic acids is 1. The molecule has 0 aliphatic rings. The van der Waals surface area contributed by atoms with E-state index in [-0.39, 0.29) is 12.4 Å². The van der Waals surface area contributed by atoms with E-state index in [0.717, 1.165) is 6.07 Å². The minimum atomic E-state index is -1.20. The number of halogens is 2. The minimum Gasteiger partial charge on any atom is -0.320 e. The molecule has 2 rings (SSSR count). The number of nitrogens with zero attached hydrogens (tertiary/aromatic N) is 1. The van der Waals surface area contributed by atoms with E-state index >= 15 is 0 Å². The molecule has 0 spiro atoms. The van der Waals surface area contributed by atoms with Crippen LogP contribution in [0.4, 0.5) is 14.6 Å². The summed E-state index contributed by atoms with van der Waals surface area (Å²) in [6, 6.07) is 8.16. The summed E-state index contributed by atoms with van der Waals surface area (Å²) in [6.45, 7) is 0.187. The van der Waals surface area contributed by atoms with E-state index in [1.165, 1.54) is 18.2 Å². The van der Waals surface area contributed by atoms with Crippen molar-refractivity contribution in [2.24, 2.45) is 5.73 Å². The van der Waals surface area contributed by atoms with Crippen molar-refractivity contribution in [1.82, 2.24) is 4.98 Å². The number of nitrogens with one attached hydrogen (secondary N) is 1. The van der Waals surface area contributed by atoms with Crippen molar-refractivity contribution < 1.29 is 13.6 Å². The van der Waals surface area contributed by atoms with Crippen LogP contribution in [0.5, 0.6) is 0 Å². The van der Waals surface area contributed by atoms with Gasteiger partial charge < -0.3 is 11.1 Å². The van der Waals surface area contributed by atoms with Crippen molar-refractivity contribution in [1.29, 1.82) is 0 Å². The average Bonchev–Trinajstić information content (AvgIpc) is 2.48. The predicted molar refractivity (Wildman–Crippen MR) is 74.5 cm³/mol. The number of anilines is 1. The number of hydrogen-bond acceptors (Lipinski definition) is 3. The molecule has 0 unspecified atom stereocenters. The van der Waals surface area contributed by atoms with E-state index in [2.05, 4.69) is 22.1 Å². The Hall–Kier alpha value is -2.78. The highest BCUT2D eigenvalue weighted by molar-refractivity contribution is 6.03. The highest BCUT2D eigenvalue weighted by Crippen LogP contribution is 2.13. The van der Waals surface area contributed by atoms with Gasteiger partial charge in [0.15, 0.2) is 11.6 Å². The van der Waals surface area contributed by atoms with Gasteiger partial charge in [-0.2, -0.15) is 0 Å². The van der Waals surface area contributed by atoms with Crippen LogP contribution in [0.1, 0.15) is 16.1 Å². The lowest BCUT2D eigenvalue weighted by molar-refractivity contribution is 0.102. The molecular formula is C15H11F2N3O. The lowest BCUT2D eigenvalue weighted by atomic mass is 10.2. The molecule has 0 atom stereocenters. The fourth-order valence-electron chi connectivity index (χ4n) is 1.58. The Labute approximate surface area is 120 Å². The highest BCUT2D eigenvalue weighted by atomic mass is 19.2. The zero-order chi connectivity index (χ0) is 15.2. The van der Waals surface area contributed by atoms with Crippen molar-refractivity contribution in [3.05, 3.63) is 59.3 Å². The molecule has 6 heteroatoms. The molecule has 21 heavy (non-hydrogen) atoms. The molecule has 106 valence electrons. The lowest BCUT2D eigenvalue weighted by Gasteiger charge is -2.06. The fraction of sp³-hybridized carbons (Fsp3) is 0.0667. The number of carbonyl (C=O) groups is 1. The first-order valence-electron chi connectivity index (χ1n) is 6.03. The molecule has 1 aromatic carbocycles. The number of rotatable bonds is 2. The molecule has 1 aromatic heterocycles. The second kappa shape index (κ2) is 6.59. The standard InChI is InChI=1S/C15H11F2N3O/c16-12-7-2-6-11(14(12)17)15(21)20-13-8-1-4-10(19-13)5-3-9-18/h1-2,4,6-8H,9,18H2,(H,19,20,21). The Kier molecular flexibility index (Phi) is 4.59. The normalized spacial score (nSPS) is 9.67. The summed E-state index contributed by atoms with van der Waals surface area (Å²) in [5.74, 6) is 2.45. The zero-order valence-corrected chi connectivity index (χ0v) is 10.9. The zero-order valence-electron chi connectivity index (χ0n) is 10.9. The van der Waals surface area contributed by atoms with Crippen molar-refractivity contribution in [2.75, 3.05) is 11.9 Å².